The summed E-state index contributed by atoms with van der Waals surface area (Å²) in [6, 6.07) is 1.80. The molecule has 0 aliphatic heterocycles. The lowest BCUT2D eigenvalue weighted by Crippen LogP contribution is -1.94. The monoisotopic (exact) mass is 243 g/mol. The Bertz CT molecular complexity index is 494. The second-order valence-corrected chi connectivity index (χ2v) is 4.26. The molecule has 0 radical (unpaired) electrons. The van der Waals surface area contributed by atoms with E-state index in [1.54, 1.807) is 10.6 Å². The van der Waals surface area contributed by atoms with Crippen LogP contribution in [0.5, 0.6) is 0 Å². The molecule has 5 nitrogen and oxygen atoms in total. The molecule has 0 spiro atoms. The van der Waals surface area contributed by atoms with Crippen LogP contribution in [0.15, 0.2) is 24.0 Å². The normalized spacial score (nSPS) is 10.5. The molecule has 0 fully saturated rings. The van der Waals surface area contributed by atoms with Crippen LogP contribution in [0, 0.1) is 10.1 Å². The zero-order valence-electron chi connectivity index (χ0n) is 7.46. The van der Waals surface area contributed by atoms with Gasteiger partial charge in [-0.15, -0.1) is 11.3 Å². The van der Waals surface area contributed by atoms with Crippen LogP contribution in [0.25, 0.3) is 0 Å². The number of hydrogen-bond donors (Lipinski definition) is 0. The summed E-state index contributed by atoms with van der Waals surface area (Å²) >= 11 is 7.41. The summed E-state index contributed by atoms with van der Waals surface area (Å²) in [4.78, 5) is 14.5. The van der Waals surface area contributed by atoms with E-state index in [2.05, 4.69) is 4.98 Å². The minimum absolute atomic E-state index is 0.150. The van der Waals surface area contributed by atoms with Crippen LogP contribution in [-0.4, -0.2) is 14.5 Å². The summed E-state index contributed by atoms with van der Waals surface area (Å²) < 4.78 is 1.63. The van der Waals surface area contributed by atoms with E-state index in [4.69, 9.17) is 11.6 Å². The van der Waals surface area contributed by atoms with Gasteiger partial charge in [-0.1, -0.05) is 11.6 Å². The summed E-state index contributed by atoms with van der Waals surface area (Å²) in [6.45, 7) is 0.511. The predicted octanol–water partition coefficient (Wildman–Crippen LogP) is 2.55. The molecule has 0 aliphatic carbocycles. The first-order valence-corrected chi connectivity index (χ1v) is 5.30. The molecule has 0 N–H and O–H groups in total. The molecule has 0 saturated carbocycles. The maximum Gasteiger partial charge on any atom is 0.381 e. The molecule has 0 atom stereocenters. The largest absolute Gasteiger partial charge is 0.381 e. The molecule has 78 valence electrons. The third-order valence-corrected chi connectivity index (χ3v) is 3.20. The van der Waals surface area contributed by atoms with E-state index >= 15 is 0 Å². The van der Waals surface area contributed by atoms with Gasteiger partial charge in [-0.05, 0) is 21.4 Å². The van der Waals surface area contributed by atoms with Gasteiger partial charge in [-0.25, -0.2) is 0 Å². The van der Waals surface area contributed by atoms with Crippen molar-refractivity contribution in [3.63, 3.8) is 0 Å². The van der Waals surface area contributed by atoms with Crippen LogP contribution in [0.3, 0.4) is 0 Å². The van der Waals surface area contributed by atoms with Crippen LogP contribution < -0.4 is 0 Å². The van der Waals surface area contributed by atoms with Crippen molar-refractivity contribution in [2.24, 2.45) is 0 Å². The van der Waals surface area contributed by atoms with Gasteiger partial charge in [0, 0.05) is 4.88 Å². The first kappa shape index (κ1) is 10.1. The fourth-order valence-corrected chi connectivity index (χ4v) is 2.24. The summed E-state index contributed by atoms with van der Waals surface area (Å²) in [6.07, 6.45) is 2.81. The molecule has 2 heterocycles. The molecule has 15 heavy (non-hydrogen) atoms. The van der Waals surface area contributed by atoms with Crippen molar-refractivity contribution in [3.8, 4) is 0 Å². The van der Waals surface area contributed by atoms with Gasteiger partial charge in [-0.2, -0.15) is 0 Å². The Kier molecular flexibility index (Phi) is 2.70. The van der Waals surface area contributed by atoms with Crippen LogP contribution in [-0.2, 0) is 6.54 Å². The number of hydrogen-bond acceptors (Lipinski definition) is 4. The number of rotatable bonds is 3. The highest BCUT2D eigenvalue weighted by atomic mass is 35.5. The highest BCUT2D eigenvalue weighted by Gasteiger charge is 2.11. The molecule has 0 aliphatic rings. The number of nitrogens with zero attached hydrogens (tertiary/aromatic N) is 3. The van der Waals surface area contributed by atoms with Gasteiger partial charge < -0.3 is 14.7 Å². The Morgan fingerprint density at radius 2 is 2.47 bits per heavy atom. The van der Waals surface area contributed by atoms with Crippen LogP contribution >= 0.6 is 22.9 Å². The number of halogens is 1. The average Bonchev–Trinajstić information content (AvgIpc) is 2.77. The van der Waals surface area contributed by atoms with Crippen LogP contribution in [0.2, 0.25) is 5.02 Å². The molecule has 0 aromatic carbocycles. The van der Waals surface area contributed by atoms with E-state index in [-0.39, 0.29) is 5.82 Å². The first-order chi connectivity index (χ1) is 7.16. The van der Waals surface area contributed by atoms with Crippen molar-refractivity contribution in [1.82, 2.24) is 9.55 Å². The molecule has 2 aromatic rings. The van der Waals surface area contributed by atoms with Gasteiger partial charge in [0.1, 0.15) is 6.20 Å². The van der Waals surface area contributed by atoms with Crippen molar-refractivity contribution in [3.05, 3.63) is 44.0 Å². The number of thiophene rings is 1. The predicted molar refractivity (Wildman–Crippen MR) is 57.3 cm³/mol. The SMILES string of the molecule is O=[N+]([O-])c1cn(Cc2sccc2Cl)cn1. The summed E-state index contributed by atoms with van der Waals surface area (Å²) in [5.41, 5.74) is 0. The van der Waals surface area contributed by atoms with E-state index in [9.17, 15) is 10.1 Å². The highest BCUT2D eigenvalue weighted by Crippen LogP contribution is 2.23. The maximum atomic E-state index is 10.4. The maximum absolute atomic E-state index is 10.4. The van der Waals surface area contributed by atoms with Crippen LogP contribution in [0.4, 0.5) is 5.82 Å². The Labute approximate surface area is 94.1 Å². The minimum atomic E-state index is -0.521. The lowest BCUT2D eigenvalue weighted by atomic mass is 10.4. The van der Waals surface area contributed by atoms with E-state index in [1.807, 2.05) is 5.38 Å². The van der Waals surface area contributed by atoms with Gasteiger partial charge >= 0.3 is 5.82 Å². The number of aromatic nitrogens is 2. The van der Waals surface area contributed by atoms with Gasteiger partial charge in [0.05, 0.1) is 11.6 Å². The topological polar surface area (TPSA) is 61.0 Å². The number of nitro groups is 1. The molecule has 0 unspecified atom stereocenters. The van der Waals surface area contributed by atoms with Crippen molar-refractivity contribution < 1.29 is 4.92 Å². The minimum Gasteiger partial charge on any atom is -0.358 e. The fourth-order valence-electron chi connectivity index (χ4n) is 1.13. The summed E-state index contributed by atoms with van der Waals surface area (Å²) in [7, 11) is 0. The van der Waals surface area contributed by atoms with E-state index in [0.717, 1.165) is 4.88 Å². The van der Waals surface area contributed by atoms with Gasteiger partial charge in [0.2, 0.25) is 6.33 Å². The molecule has 0 amide bonds. The molecule has 2 aromatic heterocycles. The Hall–Kier alpha value is -1.40. The van der Waals surface area contributed by atoms with Crippen molar-refractivity contribution >= 4 is 28.8 Å². The summed E-state index contributed by atoms with van der Waals surface area (Å²) in [5.74, 6) is -0.150. The lowest BCUT2D eigenvalue weighted by Gasteiger charge is -1.97. The average molecular weight is 244 g/mol. The Morgan fingerprint density at radius 3 is 3.00 bits per heavy atom. The lowest BCUT2D eigenvalue weighted by molar-refractivity contribution is -0.389. The molecular formula is C8H6ClN3O2S. The van der Waals surface area contributed by atoms with Crippen molar-refractivity contribution in [2.45, 2.75) is 6.54 Å². The second-order valence-electron chi connectivity index (χ2n) is 2.85. The smallest absolute Gasteiger partial charge is 0.358 e. The molecule has 0 saturated heterocycles. The molecule has 2 rings (SSSR count). The van der Waals surface area contributed by atoms with Gasteiger partial charge in [0.15, 0.2) is 0 Å². The zero-order valence-corrected chi connectivity index (χ0v) is 9.03. The summed E-state index contributed by atoms with van der Waals surface area (Å²) in [5, 5.41) is 12.9. The van der Waals surface area contributed by atoms with E-state index in [1.165, 1.54) is 23.9 Å². The van der Waals surface area contributed by atoms with Crippen molar-refractivity contribution in [1.29, 1.82) is 0 Å². The highest BCUT2D eigenvalue weighted by molar-refractivity contribution is 7.10. The second kappa shape index (κ2) is 4.00. The zero-order chi connectivity index (χ0) is 10.8. The standard InChI is InChI=1S/C8H6ClN3O2S/c9-6-1-2-15-7(6)3-11-4-8(10-5-11)12(13)14/h1-2,4-5H,3H2. The van der Waals surface area contributed by atoms with E-state index in [0.29, 0.717) is 11.6 Å². The molecule has 7 heteroatoms. The first-order valence-electron chi connectivity index (χ1n) is 4.05. The van der Waals surface area contributed by atoms with Crippen molar-refractivity contribution in [2.75, 3.05) is 0 Å². The van der Waals surface area contributed by atoms with Crippen LogP contribution in [0.1, 0.15) is 4.88 Å². The van der Waals surface area contributed by atoms with Gasteiger partial charge in [0.25, 0.3) is 0 Å². The van der Waals surface area contributed by atoms with E-state index < -0.39 is 4.92 Å². The Balaban J connectivity index is 2.18. The molecular weight excluding hydrogens is 238 g/mol. The fraction of sp³-hybridized carbons (Fsp3) is 0.125. The Morgan fingerprint density at radius 1 is 1.67 bits per heavy atom. The quantitative estimate of drug-likeness (QED) is 0.615. The molecule has 0 bridgehead atoms. The number of imidazole rings is 1. The third-order valence-electron chi connectivity index (χ3n) is 1.82. The third kappa shape index (κ3) is 2.16. The van der Waals surface area contributed by atoms with Gasteiger partial charge in [-0.3, -0.25) is 0 Å².